The quantitative estimate of drug-likeness (QED) is 0.275. The highest BCUT2D eigenvalue weighted by atomic mass is 32.2. The molecule has 0 saturated heterocycles. The van der Waals surface area contributed by atoms with Crippen molar-refractivity contribution in [1.82, 2.24) is 5.32 Å². The zero-order valence-corrected chi connectivity index (χ0v) is 24.9. The van der Waals surface area contributed by atoms with Crippen molar-refractivity contribution < 1.29 is 27.9 Å². The van der Waals surface area contributed by atoms with Gasteiger partial charge in [-0.3, -0.25) is 9.59 Å². The Kier molecular flexibility index (Phi) is 10.8. The van der Waals surface area contributed by atoms with Crippen LogP contribution in [0, 0.1) is 17.3 Å². The molecule has 0 aliphatic heterocycles. The number of rotatable bonds is 10. The average molecular weight is 578 g/mol. The van der Waals surface area contributed by atoms with E-state index in [2.05, 4.69) is 64.2 Å². The van der Waals surface area contributed by atoms with Crippen molar-refractivity contribution in [2.24, 2.45) is 17.3 Å². The molecule has 0 spiro atoms. The summed E-state index contributed by atoms with van der Waals surface area (Å²) in [4.78, 5) is 23.0. The van der Waals surface area contributed by atoms with Gasteiger partial charge in [-0.25, -0.2) is 0 Å². The van der Waals surface area contributed by atoms with Crippen LogP contribution in [0.2, 0.25) is 0 Å². The van der Waals surface area contributed by atoms with Crippen LogP contribution < -0.4 is 5.32 Å². The van der Waals surface area contributed by atoms with Gasteiger partial charge in [0.2, 0.25) is 0 Å². The Labute approximate surface area is 240 Å². The first-order valence-electron chi connectivity index (χ1n) is 14.0. The Morgan fingerprint density at radius 2 is 1.82 bits per heavy atom. The van der Waals surface area contributed by atoms with E-state index in [4.69, 9.17) is 5.11 Å². The molecule has 1 amide bonds. The fourth-order valence-electron chi connectivity index (χ4n) is 5.64. The first-order chi connectivity index (χ1) is 18.6. The van der Waals surface area contributed by atoms with Crippen LogP contribution in [0.3, 0.4) is 0 Å². The maximum Gasteiger partial charge on any atom is 0.389 e. The normalized spacial score (nSPS) is 24.3. The number of thioether (sulfide) groups is 1. The van der Waals surface area contributed by atoms with E-state index in [0.717, 1.165) is 12.8 Å². The molecule has 0 radical (unpaired) electrons. The predicted octanol–water partition coefficient (Wildman–Crippen LogP) is 8.11. The number of carboxylic acids is 1. The van der Waals surface area contributed by atoms with Crippen molar-refractivity contribution in [3.63, 3.8) is 0 Å². The average Bonchev–Trinajstić information content (AvgIpc) is 2.85. The van der Waals surface area contributed by atoms with Gasteiger partial charge in [0, 0.05) is 35.0 Å². The summed E-state index contributed by atoms with van der Waals surface area (Å²) in [6.45, 7) is 10.9. The topological polar surface area (TPSA) is 66.4 Å². The Bertz CT molecular complexity index is 1150. The molecular weight excluding hydrogens is 535 g/mol. The van der Waals surface area contributed by atoms with Gasteiger partial charge < -0.3 is 10.4 Å². The number of halogens is 3. The lowest BCUT2D eigenvalue weighted by atomic mass is 9.76. The van der Waals surface area contributed by atoms with Crippen molar-refractivity contribution in [3.8, 4) is 0 Å². The monoisotopic (exact) mass is 577 g/mol. The number of hydrogen-bond acceptors (Lipinski definition) is 3. The Hall–Kier alpha value is -2.48. The van der Waals surface area contributed by atoms with Crippen molar-refractivity contribution in [3.05, 3.63) is 70.4 Å². The van der Waals surface area contributed by atoms with Gasteiger partial charge in [-0.1, -0.05) is 74.4 Å². The lowest BCUT2D eigenvalue weighted by Crippen LogP contribution is -2.29. The molecule has 0 heterocycles. The predicted molar refractivity (Wildman–Crippen MR) is 157 cm³/mol. The van der Waals surface area contributed by atoms with E-state index < -0.39 is 18.6 Å². The number of allylic oxidation sites excluding steroid dienone is 9. The molecule has 4 atom stereocenters. The zero-order valence-electron chi connectivity index (χ0n) is 24.1. The van der Waals surface area contributed by atoms with E-state index in [1.165, 1.54) is 22.3 Å². The number of alkyl halides is 3. The van der Waals surface area contributed by atoms with E-state index in [-0.39, 0.29) is 47.1 Å². The second-order valence-electron chi connectivity index (χ2n) is 12.0. The number of carbonyl (C=O) groups is 2. The van der Waals surface area contributed by atoms with E-state index in [9.17, 15) is 22.8 Å². The maximum atomic E-state index is 13.2. The first-order valence-corrected chi connectivity index (χ1v) is 15.0. The van der Waals surface area contributed by atoms with Crippen molar-refractivity contribution in [2.75, 3.05) is 6.54 Å². The first kappa shape index (κ1) is 32.0. The van der Waals surface area contributed by atoms with Gasteiger partial charge in [-0.15, -0.1) is 0 Å². The Morgan fingerprint density at radius 1 is 1.10 bits per heavy atom. The number of carbonyl (C=O) groups excluding carboxylic acids is 1. The third kappa shape index (κ3) is 9.28. The highest BCUT2D eigenvalue weighted by Crippen LogP contribution is 2.43. The molecule has 3 aliphatic carbocycles. The van der Waals surface area contributed by atoms with Crippen LogP contribution in [0.1, 0.15) is 73.1 Å². The van der Waals surface area contributed by atoms with Crippen LogP contribution in [0.5, 0.6) is 0 Å². The standard InChI is InChI=1S/C32H42F3NO3S/c1-20-18-26(19-21(2)29(20)23-10-12-25(13-11-23)31(3,4)5)40-27(14-16-32(33,34)35)22-6-8-24(9-7-22)30(39)36-17-15-28(37)38/h6,8-10,12-13,18,22-23,26-27H,7,11,14-17,19H2,1-5H3,(H,36,39)(H,37,38). The number of nitrogens with one attached hydrogen (secondary N) is 1. The molecule has 8 heteroatoms. The molecule has 3 rings (SSSR count). The molecule has 220 valence electrons. The van der Waals surface area contributed by atoms with Gasteiger partial charge in [0.25, 0.3) is 5.91 Å². The molecule has 0 aromatic heterocycles. The summed E-state index contributed by atoms with van der Waals surface area (Å²) < 4.78 is 39.7. The lowest BCUT2D eigenvalue weighted by Gasteiger charge is -2.33. The number of carboxylic acid groups (broad SMARTS) is 1. The van der Waals surface area contributed by atoms with E-state index in [1.807, 2.05) is 6.08 Å². The summed E-state index contributed by atoms with van der Waals surface area (Å²) in [7, 11) is 0. The van der Waals surface area contributed by atoms with E-state index in [0.29, 0.717) is 17.9 Å². The van der Waals surface area contributed by atoms with Crippen molar-refractivity contribution >= 4 is 23.6 Å². The fourth-order valence-corrected chi connectivity index (χ4v) is 7.38. The molecule has 4 unspecified atom stereocenters. The highest BCUT2D eigenvalue weighted by Gasteiger charge is 2.33. The highest BCUT2D eigenvalue weighted by molar-refractivity contribution is 8.00. The zero-order chi connectivity index (χ0) is 29.7. The maximum absolute atomic E-state index is 13.2. The minimum atomic E-state index is -4.23. The van der Waals surface area contributed by atoms with Gasteiger partial charge in [-0.2, -0.15) is 24.9 Å². The molecular formula is C32H42F3NO3S. The molecule has 0 aromatic carbocycles. The van der Waals surface area contributed by atoms with Gasteiger partial charge in [-0.05, 0) is 62.0 Å². The molecule has 0 aromatic rings. The summed E-state index contributed by atoms with van der Waals surface area (Å²) in [5.74, 6) is -1.16. The summed E-state index contributed by atoms with van der Waals surface area (Å²) in [6, 6.07) is 0. The smallest absolute Gasteiger partial charge is 0.389 e. The minimum Gasteiger partial charge on any atom is -0.481 e. The fraction of sp³-hybridized carbons (Fsp3) is 0.562. The Balaban J connectivity index is 1.67. The van der Waals surface area contributed by atoms with Gasteiger partial charge >= 0.3 is 12.1 Å². The Morgan fingerprint density at radius 3 is 2.35 bits per heavy atom. The largest absolute Gasteiger partial charge is 0.481 e. The van der Waals surface area contributed by atoms with Gasteiger partial charge in [0.05, 0.1) is 6.42 Å². The SMILES string of the molecule is CC1=CC(SC(CCC(F)(F)F)C2C=CC(C(=O)NCCC(=O)O)=CC2)CC(C)=C1C1C=CC(C(C)(C)C)=CC1. The molecule has 0 saturated carbocycles. The van der Waals surface area contributed by atoms with Crippen LogP contribution in [0.15, 0.2) is 70.4 Å². The summed E-state index contributed by atoms with van der Waals surface area (Å²) in [5.41, 5.74) is 5.73. The molecule has 3 aliphatic rings. The lowest BCUT2D eigenvalue weighted by molar-refractivity contribution is -0.137. The van der Waals surface area contributed by atoms with E-state index in [1.54, 1.807) is 23.9 Å². The van der Waals surface area contributed by atoms with Gasteiger partial charge in [0.1, 0.15) is 0 Å². The van der Waals surface area contributed by atoms with Gasteiger partial charge in [0.15, 0.2) is 0 Å². The van der Waals surface area contributed by atoms with Crippen LogP contribution in [-0.4, -0.2) is 40.2 Å². The molecule has 2 N–H and O–H groups in total. The van der Waals surface area contributed by atoms with Crippen LogP contribution in [-0.2, 0) is 9.59 Å². The number of aliphatic carboxylic acids is 1. The third-order valence-electron chi connectivity index (χ3n) is 7.72. The minimum absolute atomic E-state index is 0.0158. The number of amides is 1. The van der Waals surface area contributed by atoms with Crippen LogP contribution >= 0.6 is 11.8 Å². The molecule has 40 heavy (non-hydrogen) atoms. The third-order valence-corrected chi connectivity index (χ3v) is 9.31. The molecule has 4 nitrogen and oxygen atoms in total. The van der Waals surface area contributed by atoms with Crippen molar-refractivity contribution in [2.45, 2.75) is 89.8 Å². The summed E-state index contributed by atoms with van der Waals surface area (Å²) in [5, 5.41) is 11.2. The molecule has 0 fully saturated rings. The van der Waals surface area contributed by atoms with Crippen LogP contribution in [0.25, 0.3) is 0 Å². The summed E-state index contributed by atoms with van der Waals surface area (Å²) >= 11 is 1.61. The number of hydrogen-bond donors (Lipinski definition) is 2. The van der Waals surface area contributed by atoms with Crippen molar-refractivity contribution in [1.29, 1.82) is 0 Å². The molecule has 0 bridgehead atoms. The van der Waals surface area contributed by atoms with E-state index >= 15 is 0 Å². The second-order valence-corrected chi connectivity index (χ2v) is 13.5. The second kappa shape index (κ2) is 13.5. The van der Waals surface area contributed by atoms with Crippen LogP contribution in [0.4, 0.5) is 13.2 Å². The summed E-state index contributed by atoms with van der Waals surface area (Å²) in [6.07, 6.45) is 11.4.